The predicted molar refractivity (Wildman–Crippen MR) is 117 cm³/mol. The van der Waals surface area contributed by atoms with Crippen LogP contribution in [0.3, 0.4) is 0 Å². The molecule has 1 aromatic heterocycles. The number of rotatable bonds is 4. The van der Waals surface area contributed by atoms with Crippen LogP contribution < -0.4 is 10.8 Å². The van der Waals surface area contributed by atoms with E-state index < -0.39 is 23.9 Å². The quantitative estimate of drug-likeness (QED) is 0.753. The minimum atomic E-state index is -0.477. The van der Waals surface area contributed by atoms with E-state index in [0.29, 0.717) is 25.0 Å². The van der Waals surface area contributed by atoms with Crippen molar-refractivity contribution in [3.8, 4) is 0 Å². The lowest BCUT2D eigenvalue weighted by atomic mass is 9.81. The number of hydrogen-bond acceptors (Lipinski definition) is 7. The summed E-state index contributed by atoms with van der Waals surface area (Å²) in [6, 6.07) is 0. The normalized spacial score (nSPS) is 23.4. The van der Waals surface area contributed by atoms with E-state index in [-0.39, 0.29) is 6.09 Å². The molecule has 1 aromatic rings. The summed E-state index contributed by atoms with van der Waals surface area (Å²) in [7, 11) is -0.468. The van der Waals surface area contributed by atoms with Crippen molar-refractivity contribution in [2.45, 2.75) is 78.1 Å². The minimum Gasteiger partial charge on any atom is -0.444 e. The lowest BCUT2D eigenvalue weighted by Crippen LogP contribution is -2.44. The summed E-state index contributed by atoms with van der Waals surface area (Å²) in [5.74, 6) is 0.891. The third kappa shape index (κ3) is 5.43. The third-order valence-corrected chi connectivity index (χ3v) is 5.92. The molecule has 0 radical (unpaired) electrons. The summed E-state index contributed by atoms with van der Waals surface area (Å²) in [5, 5.41) is 3.29. The Morgan fingerprint density at radius 2 is 1.83 bits per heavy atom. The van der Waals surface area contributed by atoms with Gasteiger partial charge in [-0.1, -0.05) is 0 Å². The number of carbonyl (C=O) groups is 1. The van der Waals surface area contributed by atoms with Crippen molar-refractivity contribution in [3.05, 3.63) is 12.4 Å². The lowest BCUT2D eigenvalue weighted by Gasteiger charge is -2.34. The van der Waals surface area contributed by atoms with E-state index in [1.807, 2.05) is 48.5 Å². The SMILES string of the molecule is CC(C)(C)OC(=O)N1CCC[C@@H](CNc2ncc(B3OC(C)(C)C(C)(C)O3)cn2)C1. The highest BCUT2D eigenvalue weighted by molar-refractivity contribution is 6.61. The van der Waals surface area contributed by atoms with Gasteiger partial charge in [-0.15, -0.1) is 0 Å². The summed E-state index contributed by atoms with van der Waals surface area (Å²) in [6.07, 6.45) is 5.26. The predicted octanol–water partition coefficient (Wildman–Crippen LogP) is 2.83. The number of carbonyl (C=O) groups excluding carboxylic acids is 1. The van der Waals surface area contributed by atoms with Crippen molar-refractivity contribution >= 4 is 24.6 Å². The molecule has 2 fully saturated rings. The van der Waals surface area contributed by atoms with Gasteiger partial charge in [-0.25, -0.2) is 14.8 Å². The molecule has 166 valence electrons. The minimum absolute atomic E-state index is 0.241. The van der Waals surface area contributed by atoms with Crippen LogP contribution in [0, 0.1) is 5.92 Å². The van der Waals surface area contributed by atoms with Gasteiger partial charge in [0.25, 0.3) is 0 Å². The van der Waals surface area contributed by atoms with Gasteiger partial charge in [0.05, 0.1) is 11.2 Å². The Labute approximate surface area is 180 Å². The summed E-state index contributed by atoms with van der Waals surface area (Å²) < 4.78 is 17.6. The van der Waals surface area contributed by atoms with E-state index in [4.69, 9.17) is 14.0 Å². The van der Waals surface area contributed by atoms with E-state index >= 15 is 0 Å². The summed E-state index contributed by atoms with van der Waals surface area (Å²) in [6.45, 7) is 15.9. The van der Waals surface area contributed by atoms with E-state index in [9.17, 15) is 4.79 Å². The average molecular weight is 418 g/mol. The van der Waals surface area contributed by atoms with Gasteiger partial charge in [-0.2, -0.15) is 0 Å². The Hall–Kier alpha value is -1.87. The molecule has 9 heteroatoms. The number of piperidine rings is 1. The van der Waals surface area contributed by atoms with E-state index in [1.165, 1.54) is 0 Å². The van der Waals surface area contributed by atoms with Crippen molar-refractivity contribution in [2.75, 3.05) is 25.0 Å². The highest BCUT2D eigenvalue weighted by Crippen LogP contribution is 2.36. The summed E-state index contributed by atoms with van der Waals surface area (Å²) in [4.78, 5) is 23.0. The molecular formula is C21H35BN4O4. The van der Waals surface area contributed by atoms with Gasteiger partial charge in [-0.05, 0) is 67.2 Å². The Morgan fingerprint density at radius 1 is 1.23 bits per heavy atom. The summed E-state index contributed by atoms with van der Waals surface area (Å²) >= 11 is 0. The first kappa shape index (κ1) is 22.8. The van der Waals surface area contributed by atoms with Gasteiger partial charge in [0.2, 0.25) is 5.95 Å². The molecule has 1 N–H and O–H groups in total. The highest BCUT2D eigenvalue weighted by atomic mass is 16.7. The molecule has 3 heterocycles. The second kappa shape index (κ2) is 8.34. The van der Waals surface area contributed by atoms with Crippen LogP contribution in [0.2, 0.25) is 0 Å². The van der Waals surface area contributed by atoms with Crippen LogP contribution in [0.5, 0.6) is 0 Å². The van der Waals surface area contributed by atoms with Crippen LogP contribution in [-0.4, -0.2) is 64.5 Å². The largest absolute Gasteiger partial charge is 0.498 e. The number of anilines is 1. The molecule has 1 amide bonds. The number of nitrogens with one attached hydrogen (secondary N) is 1. The fourth-order valence-corrected chi connectivity index (χ4v) is 3.49. The van der Waals surface area contributed by atoms with Crippen LogP contribution in [-0.2, 0) is 14.0 Å². The van der Waals surface area contributed by atoms with Crippen molar-refractivity contribution in [3.63, 3.8) is 0 Å². The fourth-order valence-electron chi connectivity index (χ4n) is 3.49. The number of aromatic nitrogens is 2. The van der Waals surface area contributed by atoms with Crippen LogP contribution in [0.25, 0.3) is 0 Å². The zero-order valence-electron chi connectivity index (χ0n) is 19.3. The second-order valence-corrected chi connectivity index (χ2v) is 10.2. The molecule has 8 nitrogen and oxygen atoms in total. The lowest BCUT2D eigenvalue weighted by molar-refractivity contribution is 0.00578. The molecule has 0 bridgehead atoms. The van der Waals surface area contributed by atoms with Crippen LogP contribution in [0.15, 0.2) is 12.4 Å². The van der Waals surface area contributed by atoms with Crippen molar-refractivity contribution < 1.29 is 18.8 Å². The van der Waals surface area contributed by atoms with Crippen LogP contribution in [0.4, 0.5) is 10.7 Å². The standard InChI is InChI=1S/C21H35BN4O4/c1-19(2,3)28-18(27)26-10-8-9-15(14-26)11-23-17-24-12-16(13-25-17)22-29-20(4,5)21(6,7)30-22/h12-13,15H,8-11,14H2,1-7H3,(H,23,24,25)/t15-/m0/s1. The monoisotopic (exact) mass is 418 g/mol. The molecular weight excluding hydrogens is 383 g/mol. The Morgan fingerprint density at radius 3 is 2.40 bits per heavy atom. The van der Waals surface area contributed by atoms with Gasteiger partial charge in [-0.3, -0.25) is 0 Å². The molecule has 30 heavy (non-hydrogen) atoms. The molecule has 0 spiro atoms. The number of amides is 1. The van der Waals surface area contributed by atoms with Gasteiger partial charge in [0.15, 0.2) is 0 Å². The molecule has 2 aliphatic heterocycles. The van der Waals surface area contributed by atoms with Gasteiger partial charge >= 0.3 is 13.2 Å². The molecule has 2 aliphatic rings. The molecule has 1 atom stereocenters. The topological polar surface area (TPSA) is 85.8 Å². The number of likely N-dealkylation sites (tertiary alicyclic amines) is 1. The van der Waals surface area contributed by atoms with Gasteiger partial charge in [0, 0.05) is 37.5 Å². The van der Waals surface area contributed by atoms with Crippen LogP contribution in [0.1, 0.15) is 61.3 Å². The van der Waals surface area contributed by atoms with Crippen molar-refractivity contribution in [2.24, 2.45) is 5.92 Å². The van der Waals surface area contributed by atoms with Crippen molar-refractivity contribution in [1.82, 2.24) is 14.9 Å². The maximum atomic E-state index is 12.3. The first-order valence-corrected chi connectivity index (χ1v) is 10.8. The number of nitrogens with zero attached hydrogens (tertiary/aromatic N) is 3. The van der Waals surface area contributed by atoms with Gasteiger partial charge in [0.1, 0.15) is 5.60 Å². The smallest absolute Gasteiger partial charge is 0.444 e. The van der Waals surface area contributed by atoms with E-state index in [0.717, 1.165) is 24.8 Å². The highest BCUT2D eigenvalue weighted by Gasteiger charge is 2.51. The maximum absolute atomic E-state index is 12.3. The Balaban J connectivity index is 1.51. The Kier molecular flexibility index (Phi) is 6.34. The average Bonchev–Trinajstić information content (AvgIpc) is 2.87. The fraction of sp³-hybridized carbons (Fsp3) is 0.762. The van der Waals surface area contributed by atoms with Crippen LogP contribution >= 0.6 is 0 Å². The zero-order valence-corrected chi connectivity index (χ0v) is 19.3. The molecule has 0 unspecified atom stereocenters. The van der Waals surface area contributed by atoms with Crippen molar-refractivity contribution in [1.29, 1.82) is 0 Å². The Bertz CT molecular complexity index is 732. The molecule has 3 rings (SSSR count). The number of ether oxygens (including phenoxy) is 1. The van der Waals surface area contributed by atoms with E-state index in [2.05, 4.69) is 15.3 Å². The molecule has 2 saturated heterocycles. The maximum Gasteiger partial charge on any atom is 0.498 e. The summed E-state index contributed by atoms with van der Waals surface area (Å²) in [5.41, 5.74) is -0.465. The third-order valence-electron chi connectivity index (χ3n) is 5.92. The zero-order chi connectivity index (χ0) is 22.2. The molecule has 0 saturated carbocycles. The molecule has 0 aliphatic carbocycles. The first-order valence-electron chi connectivity index (χ1n) is 10.8. The second-order valence-electron chi connectivity index (χ2n) is 10.2. The number of hydrogen-bond donors (Lipinski definition) is 1. The molecule has 0 aromatic carbocycles. The first-order chi connectivity index (χ1) is 13.9. The van der Waals surface area contributed by atoms with E-state index in [1.54, 1.807) is 17.3 Å². The van der Waals surface area contributed by atoms with Gasteiger partial charge < -0.3 is 24.3 Å².